The van der Waals surface area contributed by atoms with Crippen LogP contribution in [0.5, 0.6) is 0 Å². The first-order chi connectivity index (χ1) is 8.31. The van der Waals surface area contributed by atoms with E-state index in [1.54, 1.807) is 0 Å². The first-order valence-electron chi connectivity index (χ1n) is 5.45. The molecule has 0 aliphatic heterocycles. The quantitative estimate of drug-likeness (QED) is 0.496. The van der Waals surface area contributed by atoms with Crippen LogP contribution in [0.2, 0.25) is 0 Å². The number of hydrogen-bond donors (Lipinski definition) is 1. The fourth-order valence-electron chi connectivity index (χ4n) is 1.50. The molecule has 1 aromatic carbocycles. The van der Waals surface area contributed by atoms with Crippen LogP contribution in [0, 0.1) is 0 Å². The monoisotopic (exact) mass is 230 g/mol. The molecule has 0 aliphatic rings. The van der Waals surface area contributed by atoms with Crippen molar-refractivity contribution in [1.29, 1.82) is 0 Å². The summed E-state index contributed by atoms with van der Waals surface area (Å²) in [6, 6.07) is 11.8. The minimum atomic E-state index is -0.0398. The number of benzene rings is 1. The third kappa shape index (κ3) is 2.79. The van der Waals surface area contributed by atoms with Gasteiger partial charge in [-0.1, -0.05) is 29.4 Å². The van der Waals surface area contributed by atoms with Gasteiger partial charge in [0.2, 0.25) is 0 Å². The number of aromatic nitrogens is 1. The topological polar surface area (TPSA) is 54.7 Å². The Morgan fingerprint density at radius 2 is 2.12 bits per heavy atom. The van der Waals surface area contributed by atoms with Crippen LogP contribution in [-0.2, 0) is 4.84 Å². The summed E-state index contributed by atoms with van der Waals surface area (Å²) in [4.78, 5) is 9.39. The van der Waals surface area contributed by atoms with E-state index >= 15 is 0 Å². The van der Waals surface area contributed by atoms with Gasteiger partial charge in [-0.05, 0) is 19.1 Å². The Kier molecular flexibility index (Phi) is 3.67. The Hall–Kier alpha value is -1.94. The zero-order valence-electron chi connectivity index (χ0n) is 9.63. The molecule has 0 amide bonds. The molecule has 2 rings (SSSR count). The molecular weight excluding hydrogens is 216 g/mol. The minimum absolute atomic E-state index is 0.0398. The number of aliphatic hydroxyl groups excluding tert-OH is 1. The number of hydrogen-bond acceptors (Lipinski definition) is 4. The Morgan fingerprint density at radius 3 is 2.94 bits per heavy atom. The zero-order chi connectivity index (χ0) is 12.1. The predicted molar refractivity (Wildman–Crippen MR) is 67.0 cm³/mol. The van der Waals surface area contributed by atoms with Crippen LogP contribution in [0.15, 0.2) is 41.6 Å². The molecule has 0 radical (unpaired) electrons. The number of nitrogens with zero attached hydrogens (tertiary/aromatic N) is 2. The normalized spacial score (nSPS) is 11.8. The Labute approximate surface area is 99.5 Å². The van der Waals surface area contributed by atoms with Gasteiger partial charge in [0.05, 0.1) is 17.8 Å². The van der Waals surface area contributed by atoms with Crippen LogP contribution in [-0.4, -0.2) is 29.0 Å². The third-order valence-electron chi connectivity index (χ3n) is 2.35. The SMILES string of the molecule is CC(=NOCCO)c1ccc2ccccc2n1. The second kappa shape index (κ2) is 5.41. The molecule has 0 bridgehead atoms. The molecule has 0 atom stereocenters. The highest BCUT2D eigenvalue weighted by Crippen LogP contribution is 2.12. The third-order valence-corrected chi connectivity index (χ3v) is 2.35. The van der Waals surface area contributed by atoms with Gasteiger partial charge >= 0.3 is 0 Å². The van der Waals surface area contributed by atoms with Crippen molar-refractivity contribution in [2.24, 2.45) is 5.16 Å². The van der Waals surface area contributed by atoms with E-state index in [9.17, 15) is 0 Å². The summed E-state index contributed by atoms with van der Waals surface area (Å²) in [7, 11) is 0. The van der Waals surface area contributed by atoms with Crippen LogP contribution in [0.1, 0.15) is 12.6 Å². The van der Waals surface area contributed by atoms with E-state index in [0.29, 0.717) is 5.71 Å². The van der Waals surface area contributed by atoms with Crippen molar-refractivity contribution in [1.82, 2.24) is 4.98 Å². The Bertz CT molecular complexity index is 538. The van der Waals surface area contributed by atoms with E-state index in [1.807, 2.05) is 43.3 Å². The highest BCUT2D eigenvalue weighted by atomic mass is 16.6. The van der Waals surface area contributed by atoms with Crippen LogP contribution >= 0.6 is 0 Å². The number of pyridine rings is 1. The number of aliphatic hydroxyl groups is 1. The van der Waals surface area contributed by atoms with Gasteiger partial charge in [0, 0.05) is 5.39 Å². The van der Waals surface area contributed by atoms with Gasteiger partial charge in [0.15, 0.2) is 0 Å². The highest BCUT2D eigenvalue weighted by molar-refractivity contribution is 5.98. The summed E-state index contributed by atoms with van der Waals surface area (Å²) in [6.45, 7) is 1.99. The van der Waals surface area contributed by atoms with Crippen molar-refractivity contribution < 1.29 is 9.94 Å². The number of rotatable bonds is 4. The summed E-state index contributed by atoms with van der Waals surface area (Å²) in [5, 5.41) is 13.6. The van der Waals surface area contributed by atoms with Crippen molar-refractivity contribution in [3.63, 3.8) is 0 Å². The fraction of sp³-hybridized carbons (Fsp3) is 0.231. The number of para-hydroxylation sites is 1. The van der Waals surface area contributed by atoms with Gasteiger partial charge in [0.25, 0.3) is 0 Å². The summed E-state index contributed by atoms with van der Waals surface area (Å²) in [6.07, 6.45) is 0. The lowest BCUT2D eigenvalue weighted by Crippen LogP contribution is -2.01. The molecule has 4 nitrogen and oxygen atoms in total. The van der Waals surface area contributed by atoms with Crippen LogP contribution in [0.25, 0.3) is 10.9 Å². The molecule has 0 saturated heterocycles. The summed E-state index contributed by atoms with van der Waals surface area (Å²) in [5.41, 5.74) is 2.41. The maximum atomic E-state index is 8.58. The van der Waals surface area contributed by atoms with Crippen molar-refractivity contribution in [3.8, 4) is 0 Å². The minimum Gasteiger partial charge on any atom is -0.393 e. The van der Waals surface area contributed by atoms with Gasteiger partial charge in [-0.3, -0.25) is 0 Å². The molecular formula is C13H14N2O2. The van der Waals surface area contributed by atoms with Crippen molar-refractivity contribution in [2.75, 3.05) is 13.2 Å². The Balaban J connectivity index is 2.26. The molecule has 0 spiro atoms. The zero-order valence-corrected chi connectivity index (χ0v) is 9.63. The lowest BCUT2D eigenvalue weighted by Gasteiger charge is -2.02. The van der Waals surface area contributed by atoms with Crippen LogP contribution < -0.4 is 0 Å². The molecule has 4 heteroatoms. The molecule has 0 unspecified atom stereocenters. The highest BCUT2D eigenvalue weighted by Gasteiger charge is 2.01. The van der Waals surface area contributed by atoms with Crippen LogP contribution in [0.3, 0.4) is 0 Å². The summed E-state index contributed by atoms with van der Waals surface area (Å²) >= 11 is 0. The maximum Gasteiger partial charge on any atom is 0.140 e. The van der Waals surface area contributed by atoms with E-state index in [4.69, 9.17) is 9.94 Å². The molecule has 0 aliphatic carbocycles. The molecule has 0 fully saturated rings. The molecule has 1 heterocycles. The van der Waals surface area contributed by atoms with Gasteiger partial charge in [-0.15, -0.1) is 0 Å². The smallest absolute Gasteiger partial charge is 0.140 e. The molecule has 1 aromatic heterocycles. The second-order valence-corrected chi connectivity index (χ2v) is 3.62. The van der Waals surface area contributed by atoms with E-state index < -0.39 is 0 Å². The molecule has 88 valence electrons. The number of fused-ring (bicyclic) bond motifs is 1. The van der Waals surface area contributed by atoms with E-state index in [1.165, 1.54) is 0 Å². The number of oxime groups is 1. The van der Waals surface area contributed by atoms with Crippen molar-refractivity contribution in [3.05, 3.63) is 42.1 Å². The molecule has 1 N–H and O–H groups in total. The van der Waals surface area contributed by atoms with Gasteiger partial charge in [-0.25, -0.2) is 4.98 Å². The Morgan fingerprint density at radius 1 is 1.29 bits per heavy atom. The predicted octanol–water partition coefficient (Wildman–Crippen LogP) is 1.97. The lowest BCUT2D eigenvalue weighted by molar-refractivity contribution is 0.0986. The molecule has 0 saturated carbocycles. The van der Waals surface area contributed by atoms with Gasteiger partial charge in [0.1, 0.15) is 12.3 Å². The molecule has 17 heavy (non-hydrogen) atoms. The van der Waals surface area contributed by atoms with E-state index in [0.717, 1.165) is 16.6 Å². The molecule has 2 aromatic rings. The first-order valence-corrected chi connectivity index (χ1v) is 5.45. The fourth-order valence-corrected chi connectivity index (χ4v) is 1.50. The standard InChI is InChI=1S/C13H14N2O2/c1-10(15-17-9-8-16)12-7-6-11-4-2-3-5-13(11)14-12/h2-7,16H,8-9H2,1H3. The van der Waals surface area contributed by atoms with Crippen LogP contribution in [0.4, 0.5) is 0 Å². The second-order valence-electron chi connectivity index (χ2n) is 3.62. The van der Waals surface area contributed by atoms with Gasteiger partial charge in [-0.2, -0.15) is 0 Å². The van der Waals surface area contributed by atoms with Crippen molar-refractivity contribution in [2.45, 2.75) is 6.92 Å². The summed E-state index contributed by atoms with van der Waals surface area (Å²) in [5.74, 6) is 0. The average Bonchev–Trinajstić information content (AvgIpc) is 2.38. The maximum absolute atomic E-state index is 8.58. The first kappa shape index (κ1) is 11.5. The van der Waals surface area contributed by atoms with Crippen molar-refractivity contribution >= 4 is 16.6 Å². The largest absolute Gasteiger partial charge is 0.393 e. The van der Waals surface area contributed by atoms with E-state index in [2.05, 4.69) is 10.1 Å². The lowest BCUT2D eigenvalue weighted by atomic mass is 10.2. The van der Waals surface area contributed by atoms with Gasteiger partial charge < -0.3 is 9.94 Å². The summed E-state index contributed by atoms with van der Waals surface area (Å²) < 4.78 is 0. The average molecular weight is 230 g/mol. The van der Waals surface area contributed by atoms with E-state index in [-0.39, 0.29) is 13.2 Å².